The molecule has 1 amide bonds. The molecule has 112 valence electrons. The molecule has 1 fully saturated rings. The molecule has 1 unspecified atom stereocenters. The average molecular weight is 310 g/mol. The van der Waals surface area contributed by atoms with Crippen molar-refractivity contribution in [1.29, 1.82) is 0 Å². The summed E-state index contributed by atoms with van der Waals surface area (Å²) in [5, 5.41) is 13.9. The van der Waals surface area contributed by atoms with Crippen LogP contribution >= 0.6 is 11.3 Å². The second kappa shape index (κ2) is 5.24. The molecule has 1 aliphatic heterocycles. The number of amides is 1. The molecule has 0 spiro atoms. The number of carboxylic acids is 1. The molecule has 0 saturated carbocycles. The van der Waals surface area contributed by atoms with Gasteiger partial charge in [0, 0.05) is 24.7 Å². The number of hydrogen-bond acceptors (Lipinski definition) is 6. The van der Waals surface area contributed by atoms with Crippen LogP contribution in [0.25, 0.3) is 4.96 Å². The van der Waals surface area contributed by atoms with Crippen molar-refractivity contribution in [2.45, 2.75) is 12.5 Å². The van der Waals surface area contributed by atoms with E-state index in [4.69, 9.17) is 0 Å². The lowest BCUT2D eigenvalue weighted by molar-refractivity contribution is 0.0690. The van der Waals surface area contributed by atoms with Crippen LogP contribution in [0, 0.1) is 0 Å². The Morgan fingerprint density at radius 2 is 2.38 bits per heavy atom. The number of carbonyl (C=O) groups is 2. The molecule has 1 saturated heterocycles. The maximum Gasteiger partial charge on any atom is 0.407 e. The van der Waals surface area contributed by atoms with Gasteiger partial charge in [-0.15, -0.1) is 11.3 Å². The van der Waals surface area contributed by atoms with Crippen molar-refractivity contribution >= 4 is 34.2 Å². The van der Waals surface area contributed by atoms with Gasteiger partial charge in [-0.05, 0) is 6.42 Å². The van der Waals surface area contributed by atoms with Crippen LogP contribution in [-0.2, 0) is 4.74 Å². The summed E-state index contributed by atoms with van der Waals surface area (Å²) in [4.78, 5) is 29.6. The standard InChI is InChI=1S/C12H14N4O4S/c1-20-12(19)13-7-2-3-15(6-7)9-8(10(17)18)16-4-5-21-11(16)14-9/h4-5,7H,2-3,6H2,1H3,(H,13,19)(H,17,18). The smallest absolute Gasteiger partial charge is 0.407 e. The Balaban J connectivity index is 1.85. The van der Waals surface area contributed by atoms with Crippen LogP contribution in [0.15, 0.2) is 11.6 Å². The van der Waals surface area contributed by atoms with Gasteiger partial charge < -0.3 is 20.1 Å². The minimum Gasteiger partial charge on any atom is -0.476 e. The fourth-order valence-corrected chi connectivity index (χ4v) is 3.20. The Morgan fingerprint density at radius 3 is 3.10 bits per heavy atom. The molecular weight excluding hydrogens is 296 g/mol. The van der Waals surface area contributed by atoms with Gasteiger partial charge >= 0.3 is 12.1 Å². The number of methoxy groups -OCH3 is 1. The molecule has 2 aromatic rings. The first-order valence-corrected chi connectivity index (χ1v) is 7.26. The van der Waals surface area contributed by atoms with Gasteiger partial charge in [0.05, 0.1) is 13.2 Å². The molecule has 2 aromatic heterocycles. The first-order chi connectivity index (χ1) is 10.1. The topological polar surface area (TPSA) is 96.2 Å². The van der Waals surface area contributed by atoms with Gasteiger partial charge in [0.2, 0.25) is 0 Å². The van der Waals surface area contributed by atoms with E-state index in [-0.39, 0.29) is 11.7 Å². The van der Waals surface area contributed by atoms with Crippen molar-refractivity contribution < 1.29 is 19.4 Å². The fourth-order valence-electron chi connectivity index (χ4n) is 2.49. The zero-order chi connectivity index (χ0) is 15.0. The number of alkyl carbamates (subject to hydrolysis) is 1. The maximum absolute atomic E-state index is 11.5. The number of anilines is 1. The predicted octanol–water partition coefficient (Wildman–Crippen LogP) is 1.03. The first kappa shape index (κ1) is 13.7. The number of hydrogen-bond donors (Lipinski definition) is 2. The summed E-state index contributed by atoms with van der Waals surface area (Å²) in [6, 6.07) is -0.0705. The molecule has 2 N–H and O–H groups in total. The Kier molecular flexibility index (Phi) is 3.42. The lowest BCUT2D eigenvalue weighted by Crippen LogP contribution is -2.37. The van der Waals surface area contributed by atoms with Crippen molar-refractivity contribution in [1.82, 2.24) is 14.7 Å². The van der Waals surface area contributed by atoms with Gasteiger partial charge in [0.1, 0.15) is 0 Å². The number of carbonyl (C=O) groups excluding carboxylic acids is 1. The number of nitrogens with zero attached hydrogens (tertiary/aromatic N) is 3. The Bertz CT molecular complexity index is 695. The van der Waals surface area contributed by atoms with Crippen molar-refractivity contribution in [3.63, 3.8) is 0 Å². The highest BCUT2D eigenvalue weighted by atomic mass is 32.1. The number of thiazole rings is 1. The van der Waals surface area contributed by atoms with E-state index in [0.717, 1.165) is 6.42 Å². The van der Waals surface area contributed by atoms with E-state index >= 15 is 0 Å². The molecule has 3 heterocycles. The third-order valence-corrected chi connectivity index (χ3v) is 4.20. The highest BCUT2D eigenvalue weighted by Crippen LogP contribution is 2.27. The lowest BCUT2D eigenvalue weighted by Gasteiger charge is -2.16. The van der Waals surface area contributed by atoms with Crippen LogP contribution in [0.3, 0.4) is 0 Å². The van der Waals surface area contributed by atoms with Crippen LogP contribution in [0.1, 0.15) is 16.9 Å². The van der Waals surface area contributed by atoms with E-state index in [0.29, 0.717) is 23.9 Å². The maximum atomic E-state index is 11.5. The number of carboxylic acid groups (broad SMARTS) is 1. The van der Waals surface area contributed by atoms with E-state index in [2.05, 4.69) is 15.0 Å². The third-order valence-electron chi connectivity index (χ3n) is 3.44. The zero-order valence-electron chi connectivity index (χ0n) is 11.3. The van der Waals surface area contributed by atoms with Gasteiger partial charge in [0.25, 0.3) is 0 Å². The molecule has 8 nitrogen and oxygen atoms in total. The third kappa shape index (κ3) is 2.40. The SMILES string of the molecule is COC(=O)NC1CCN(c2nc3sccn3c2C(=O)O)C1. The normalized spacial score (nSPS) is 18.1. The molecule has 3 rings (SSSR count). The number of imidazole rings is 1. The number of nitrogens with one attached hydrogen (secondary N) is 1. The summed E-state index contributed by atoms with van der Waals surface area (Å²) in [6.45, 7) is 1.15. The summed E-state index contributed by atoms with van der Waals surface area (Å²) in [5.41, 5.74) is 0.157. The molecule has 0 aliphatic carbocycles. The Morgan fingerprint density at radius 1 is 1.57 bits per heavy atom. The van der Waals surface area contributed by atoms with Crippen molar-refractivity contribution in [3.05, 3.63) is 17.3 Å². The molecular formula is C12H14N4O4S. The van der Waals surface area contributed by atoms with Gasteiger partial charge in [0.15, 0.2) is 16.5 Å². The Labute approximate surface area is 123 Å². The van der Waals surface area contributed by atoms with Crippen molar-refractivity contribution in [2.75, 3.05) is 25.1 Å². The number of aromatic nitrogens is 2. The number of aromatic carboxylic acids is 1. The van der Waals surface area contributed by atoms with Gasteiger partial charge in [-0.1, -0.05) is 0 Å². The van der Waals surface area contributed by atoms with Crippen LogP contribution in [0.2, 0.25) is 0 Å². The lowest BCUT2D eigenvalue weighted by atomic mass is 10.3. The van der Waals surface area contributed by atoms with Crippen molar-refractivity contribution in [2.24, 2.45) is 0 Å². The van der Waals surface area contributed by atoms with E-state index in [1.165, 1.54) is 18.4 Å². The second-order valence-electron chi connectivity index (χ2n) is 4.71. The highest BCUT2D eigenvalue weighted by Gasteiger charge is 2.30. The quantitative estimate of drug-likeness (QED) is 0.879. The Hall–Kier alpha value is -2.29. The van der Waals surface area contributed by atoms with Crippen LogP contribution < -0.4 is 10.2 Å². The minimum absolute atomic E-state index is 0.0705. The largest absolute Gasteiger partial charge is 0.476 e. The molecule has 9 heteroatoms. The molecule has 0 radical (unpaired) electrons. The number of rotatable bonds is 3. The minimum atomic E-state index is -1.01. The summed E-state index contributed by atoms with van der Waals surface area (Å²) < 4.78 is 6.14. The monoisotopic (exact) mass is 310 g/mol. The highest BCUT2D eigenvalue weighted by molar-refractivity contribution is 7.15. The predicted molar refractivity (Wildman–Crippen MR) is 76.2 cm³/mol. The van der Waals surface area contributed by atoms with E-state index in [1.807, 2.05) is 4.90 Å². The van der Waals surface area contributed by atoms with Gasteiger partial charge in [-0.25, -0.2) is 14.6 Å². The van der Waals surface area contributed by atoms with Gasteiger partial charge in [-0.3, -0.25) is 4.40 Å². The molecule has 1 atom stereocenters. The summed E-state index contributed by atoms with van der Waals surface area (Å²) >= 11 is 1.39. The molecule has 0 aromatic carbocycles. The van der Waals surface area contributed by atoms with Crippen molar-refractivity contribution in [3.8, 4) is 0 Å². The summed E-state index contributed by atoms with van der Waals surface area (Å²) in [5.74, 6) is -0.566. The molecule has 0 bridgehead atoms. The molecule has 1 aliphatic rings. The second-order valence-corrected chi connectivity index (χ2v) is 5.59. The number of ether oxygens (including phenoxy) is 1. The molecule has 21 heavy (non-hydrogen) atoms. The van der Waals surface area contributed by atoms with E-state index < -0.39 is 12.1 Å². The fraction of sp³-hybridized carbons (Fsp3) is 0.417. The average Bonchev–Trinajstić information content (AvgIpc) is 3.10. The summed E-state index contributed by atoms with van der Waals surface area (Å²) in [6.07, 6.45) is 1.94. The van der Waals surface area contributed by atoms with E-state index in [9.17, 15) is 14.7 Å². The van der Waals surface area contributed by atoms with Crippen LogP contribution in [0.5, 0.6) is 0 Å². The first-order valence-electron chi connectivity index (χ1n) is 6.38. The van der Waals surface area contributed by atoms with Crippen LogP contribution in [0.4, 0.5) is 10.6 Å². The zero-order valence-corrected chi connectivity index (χ0v) is 12.1. The van der Waals surface area contributed by atoms with Gasteiger partial charge in [-0.2, -0.15) is 0 Å². The van der Waals surface area contributed by atoms with Crippen LogP contribution in [-0.4, -0.2) is 52.8 Å². The number of fused-ring (bicyclic) bond motifs is 1. The summed E-state index contributed by atoms with van der Waals surface area (Å²) in [7, 11) is 1.31. The van der Waals surface area contributed by atoms with E-state index in [1.54, 1.807) is 16.0 Å².